The first kappa shape index (κ1) is 26.9. The Balaban J connectivity index is 1.57. The number of ether oxygens (including phenoxy) is 3. The summed E-state index contributed by atoms with van der Waals surface area (Å²) in [5.41, 5.74) is 2.41. The van der Waals surface area contributed by atoms with Gasteiger partial charge in [0.05, 0.1) is 48.2 Å². The van der Waals surface area contributed by atoms with Gasteiger partial charge in [-0.05, 0) is 55.8 Å². The molecule has 1 unspecified atom stereocenters. The first-order chi connectivity index (χ1) is 19.3. The van der Waals surface area contributed by atoms with Crippen LogP contribution in [0.3, 0.4) is 0 Å². The number of thiazole rings is 1. The molecule has 0 aliphatic carbocycles. The summed E-state index contributed by atoms with van der Waals surface area (Å²) < 4.78 is 23.3. The van der Waals surface area contributed by atoms with Crippen molar-refractivity contribution in [3.8, 4) is 17.1 Å². The van der Waals surface area contributed by atoms with E-state index in [-0.39, 0.29) is 12.2 Å². The van der Waals surface area contributed by atoms with Gasteiger partial charge in [0, 0.05) is 11.6 Å². The van der Waals surface area contributed by atoms with E-state index in [1.54, 1.807) is 75.6 Å². The van der Waals surface area contributed by atoms with E-state index in [9.17, 15) is 14.4 Å². The molecule has 0 saturated heterocycles. The molecule has 40 heavy (non-hydrogen) atoms. The molecule has 10 heteroatoms. The van der Waals surface area contributed by atoms with Crippen LogP contribution in [0.5, 0.6) is 5.75 Å². The van der Waals surface area contributed by atoms with Gasteiger partial charge < -0.3 is 18.6 Å². The Labute approximate surface area is 233 Å². The Kier molecular flexibility index (Phi) is 7.52. The second kappa shape index (κ2) is 11.2. The van der Waals surface area contributed by atoms with Gasteiger partial charge in [-0.2, -0.15) is 0 Å². The van der Waals surface area contributed by atoms with E-state index in [0.717, 1.165) is 11.1 Å². The number of hydrogen-bond acceptors (Lipinski definition) is 9. The summed E-state index contributed by atoms with van der Waals surface area (Å²) in [6.45, 7) is 3.67. The lowest BCUT2D eigenvalue weighted by atomic mass is 9.96. The fourth-order valence-corrected chi connectivity index (χ4v) is 5.52. The highest BCUT2D eigenvalue weighted by Crippen LogP contribution is 2.31. The van der Waals surface area contributed by atoms with Crippen LogP contribution in [0.25, 0.3) is 17.4 Å². The zero-order chi connectivity index (χ0) is 28.4. The Bertz CT molecular complexity index is 1790. The molecule has 0 radical (unpaired) electrons. The number of fused-ring (bicyclic) bond motifs is 1. The first-order valence-corrected chi connectivity index (χ1v) is 13.3. The van der Waals surface area contributed by atoms with Crippen LogP contribution < -0.4 is 19.6 Å². The average molecular weight is 559 g/mol. The largest absolute Gasteiger partial charge is 0.497 e. The number of hydrogen-bond donors (Lipinski definition) is 0. The van der Waals surface area contributed by atoms with Crippen molar-refractivity contribution in [1.82, 2.24) is 4.57 Å². The van der Waals surface area contributed by atoms with Crippen LogP contribution in [0.1, 0.15) is 41.6 Å². The molecule has 204 valence electrons. The molecule has 9 nitrogen and oxygen atoms in total. The van der Waals surface area contributed by atoms with Gasteiger partial charge in [-0.3, -0.25) is 9.36 Å². The summed E-state index contributed by atoms with van der Waals surface area (Å²) in [5, 5.41) is 0. The maximum Gasteiger partial charge on any atom is 0.338 e. The highest BCUT2D eigenvalue weighted by atomic mass is 32.1. The minimum atomic E-state index is -0.719. The summed E-state index contributed by atoms with van der Waals surface area (Å²) in [6, 6.07) is 16.9. The topological polar surface area (TPSA) is 109 Å². The van der Waals surface area contributed by atoms with Gasteiger partial charge in [-0.15, -0.1) is 0 Å². The smallest absolute Gasteiger partial charge is 0.338 e. The number of furan rings is 1. The molecule has 2 aromatic carbocycles. The van der Waals surface area contributed by atoms with Crippen molar-refractivity contribution in [1.29, 1.82) is 0 Å². The number of methoxy groups -OCH3 is 2. The van der Waals surface area contributed by atoms with Crippen LogP contribution in [0, 0.1) is 0 Å². The highest BCUT2D eigenvalue weighted by Gasteiger charge is 2.33. The Morgan fingerprint density at radius 1 is 1.02 bits per heavy atom. The number of nitrogens with zero attached hydrogens (tertiary/aromatic N) is 2. The van der Waals surface area contributed by atoms with E-state index in [1.807, 2.05) is 12.1 Å². The zero-order valence-electron chi connectivity index (χ0n) is 22.3. The molecule has 0 bridgehead atoms. The third kappa shape index (κ3) is 5.01. The van der Waals surface area contributed by atoms with Crippen molar-refractivity contribution >= 4 is 29.4 Å². The zero-order valence-corrected chi connectivity index (χ0v) is 23.1. The summed E-state index contributed by atoms with van der Waals surface area (Å²) >= 11 is 1.21. The monoisotopic (exact) mass is 558 g/mol. The summed E-state index contributed by atoms with van der Waals surface area (Å²) in [4.78, 5) is 43.6. The molecule has 0 saturated carbocycles. The van der Waals surface area contributed by atoms with Crippen LogP contribution in [-0.2, 0) is 14.3 Å². The average Bonchev–Trinajstić information content (AvgIpc) is 3.56. The standard InChI is InChI=1S/C30H26N2O7S/c1-5-38-29(35)25-17(2)31-30-32(26(25)19-10-12-21(36-3)13-11-19)27(33)24(40-30)16-22-14-15-23(39-22)18-6-8-20(9-7-18)28(34)37-4/h6-16,26H,5H2,1-4H3/b24-16-. The molecule has 4 aromatic rings. The highest BCUT2D eigenvalue weighted by molar-refractivity contribution is 7.07. The van der Waals surface area contributed by atoms with Crippen molar-refractivity contribution in [3.63, 3.8) is 0 Å². The number of benzene rings is 2. The van der Waals surface area contributed by atoms with Crippen LogP contribution in [0.15, 0.2) is 86.1 Å². The van der Waals surface area contributed by atoms with E-state index < -0.39 is 18.0 Å². The molecular formula is C30H26N2O7S. The Morgan fingerprint density at radius 3 is 2.40 bits per heavy atom. The molecule has 0 fully saturated rings. The quantitative estimate of drug-likeness (QED) is 0.317. The maximum atomic E-state index is 13.8. The van der Waals surface area contributed by atoms with Crippen LogP contribution in [0.4, 0.5) is 0 Å². The lowest BCUT2D eigenvalue weighted by Crippen LogP contribution is -2.39. The van der Waals surface area contributed by atoms with Gasteiger partial charge in [0.15, 0.2) is 4.80 Å². The molecule has 1 atom stereocenters. The molecule has 0 amide bonds. The number of aromatic nitrogens is 1. The van der Waals surface area contributed by atoms with E-state index in [2.05, 4.69) is 4.99 Å². The summed E-state index contributed by atoms with van der Waals surface area (Å²) in [5.74, 6) is 0.763. The van der Waals surface area contributed by atoms with E-state index in [1.165, 1.54) is 23.0 Å². The Hall–Kier alpha value is -4.70. The summed E-state index contributed by atoms with van der Waals surface area (Å²) in [7, 11) is 2.90. The molecule has 3 heterocycles. The lowest BCUT2D eigenvalue weighted by molar-refractivity contribution is -0.139. The fraction of sp³-hybridized carbons (Fsp3) is 0.200. The SMILES string of the molecule is CCOC(=O)C1=C(C)N=c2s/c(=C\c3ccc(-c4ccc(C(=O)OC)cc4)o3)c(=O)n2C1c1ccc(OC)cc1. The maximum absolute atomic E-state index is 13.8. The Morgan fingerprint density at radius 2 is 1.75 bits per heavy atom. The van der Waals surface area contributed by atoms with Crippen LogP contribution in [0.2, 0.25) is 0 Å². The van der Waals surface area contributed by atoms with Crippen molar-refractivity contribution < 1.29 is 28.2 Å². The normalized spacial score (nSPS) is 14.9. The van der Waals surface area contributed by atoms with Crippen LogP contribution >= 0.6 is 11.3 Å². The predicted octanol–water partition coefficient (Wildman–Crippen LogP) is 3.85. The van der Waals surface area contributed by atoms with Crippen molar-refractivity contribution in [2.24, 2.45) is 4.99 Å². The van der Waals surface area contributed by atoms with Gasteiger partial charge in [-0.1, -0.05) is 35.6 Å². The van der Waals surface area contributed by atoms with Gasteiger partial charge >= 0.3 is 11.9 Å². The van der Waals surface area contributed by atoms with Crippen molar-refractivity contribution in [3.05, 3.63) is 109 Å². The predicted molar refractivity (Wildman–Crippen MR) is 149 cm³/mol. The third-order valence-electron chi connectivity index (χ3n) is 6.44. The van der Waals surface area contributed by atoms with Gasteiger partial charge in [0.25, 0.3) is 5.56 Å². The van der Waals surface area contributed by atoms with Crippen molar-refractivity contribution in [2.75, 3.05) is 20.8 Å². The van der Waals surface area contributed by atoms with Gasteiger partial charge in [0.2, 0.25) is 0 Å². The molecular weight excluding hydrogens is 532 g/mol. The second-order valence-electron chi connectivity index (χ2n) is 8.85. The van der Waals surface area contributed by atoms with Gasteiger partial charge in [0.1, 0.15) is 17.3 Å². The first-order valence-electron chi connectivity index (χ1n) is 12.5. The molecule has 5 rings (SSSR count). The number of esters is 2. The molecule has 1 aliphatic rings. The lowest BCUT2D eigenvalue weighted by Gasteiger charge is -2.24. The summed E-state index contributed by atoms with van der Waals surface area (Å²) in [6.07, 6.45) is 1.66. The fourth-order valence-electron chi connectivity index (χ4n) is 4.50. The number of rotatable bonds is 7. The third-order valence-corrected chi connectivity index (χ3v) is 7.42. The molecule has 0 spiro atoms. The van der Waals surface area contributed by atoms with E-state index in [0.29, 0.717) is 43.4 Å². The minimum absolute atomic E-state index is 0.196. The molecule has 0 N–H and O–H groups in total. The molecule has 2 aromatic heterocycles. The van der Waals surface area contributed by atoms with Gasteiger partial charge in [-0.25, -0.2) is 14.6 Å². The minimum Gasteiger partial charge on any atom is -0.497 e. The second-order valence-corrected chi connectivity index (χ2v) is 9.86. The van der Waals surface area contributed by atoms with Crippen LogP contribution in [-0.4, -0.2) is 37.3 Å². The van der Waals surface area contributed by atoms with Crippen molar-refractivity contribution in [2.45, 2.75) is 19.9 Å². The number of carbonyl (C=O) groups excluding carboxylic acids is 2. The number of carbonyl (C=O) groups is 2. The van der Waals surface area contributed by atoms with E-state index in [4.69, 9.17) is 18.6 Å². The molecule has 1 aliphatic heterocycles. The number of allylic oxidation sites excluding steroid dienone is 1. The van der Waals surface area contributed by atoms with E-state index >= 15 is 0 Å².